The van der Waals surface area contributed by atoms with E-state index in [1.165, 1.54) is 17.5 Å². The van der Waals surface area contributed by atoms with Crippen LogP contribution in [-0.4, -0.2) is 38.2 Å². The van der Waals surface area contributed by atoms with Gasteiger partial charge in [-0.3, -0.25) is 0 Å². The van der Waals surface area contributed by atoms with Crippen molar-refractivity contribution in [3.63, 3.8) is 0 Å². The van der Waals surface area contributed by atoms with Crippen molar-refractivity contribution in [2.24, 2.45) is 22.7 Å². The molecule has 1 atom stereocenters. The summed E-state index contributed by atoms with van der Waals surface area (Å²) >= 11 is 0. The van der Waals surface area contributed by atoms with Gasteiger partial charge in [0.2, 0.25) is 0 Å². The Hall–Kier alpha value is -3.08. The van der Waals surface area contributed by atoms with E-state index < -0.39 is 0 Å². The molecular formula is C37H55N4+. The average Bonchev–Trinajstić information content (AvgIpc) is 2.91. The first-order chi connectivity index (χ1) is 19.1. The number of benzene rings is 2. The van der Waals surface area contributed by atoms with E-state index in [0.29, 0.717) is 17.8 Å². The Bertz CT molecular complexity index is 1200. The summed E-state index contributed by atoms with van der Waals surface area (Å²) in [7, 11) is 4.63. The van der Waals surface area contributed by atoms with Crippen LogP contribution < -0.4 is 4.90 Å². The van der Waals surface area contributed by atoms with E-state index in [1.807, 2.05) is 24.3 Å². The van der Waals surface area contributed by atoms with Crippen molar-refractivity contribution in [1.82, 2.24) is 0 Å². The quantitative estimate of drug-likeness (QED) is 0.173. The molecule has 0 aliphatic heterocycles. The van der Waals surface area contributed by atoms with Crippen LogP contribution in [0.5, 0.6) is 0 Å². The largest absolute Gasteiger partial charge is 0.366 e. The van der Waals surface area contributed by atoms with Gasteiger partial charge in [-0.15, -0.1) is 0 Å². The SMILES string of the molecule is CCN(CC[N+](C)(C)Cc1ccc(C(CC(C)(C)C(C)C)C(C)(C)C(C)C)cc1)c1ccc(C=C(C#N)C#N)cc1. The fourth-order valence-electron chi connectivity index (χ4n) is 5.30. The Balaban J connectivity index is 2.14. The second kappa shape index (κ2) is 14.2. The average molecular weight is 556 g/mol. The third-order valence-corrected chi connectivity index (χ3v) is 9.84. The van der Waals surface area contributed by atoms with Crippen LogP contribution in [0.2, 0.25) is 0 Å². The van der Waals surface area contributed by atoms with Gasteiger partial charge in [-0.2, -0.15) is 10.5 Å². The molecule has 41 heavy (non-hydrogen) atoms. The number of anilines is 1. The summed E-state index contributed by atoms with van der Waals surface area (Å²) in [6.45, 7) is 25.3. The molecule has 0 aliphatic rings. The van der Waals surface area contributed by atoms with Gasteiger partial charge >= 0.3 is 0 Å². The lowest BCUT2D eigenvalue weighted by molar-refractivity contribution is -0.902. The van der Waals surface area contributed by atoms with Crippen LogP contribution in [0.15, 0.2) is 54.1 Å². The normalized spacial score (nSPS) is 13.0. The molecule has 2 aromatic carbocycles. The van der Waals surface area contributed by atoms with Crippen LogP contribution in [0, 0.1) is 45.3 Å². The van der Waals surface area contributed by atoms with E-state index in [2.05, 4.69) is 118 Å². The van der Waals surface area contributed by atoms with Crippen LogP contribution in [0.3, 0.4) is 0 Å². The first-order valence-electron chi connectivity index (χ1n) is 15.3. The fourth-order valence-corrected chi connectivity index (χ4v) is 5.30. The second-order valence-corrected chi connectivity index (χ2v) is 14.4. The first kappa shape index (κ1) is 34.1. The lowest BCUT2D eigenvalue weighted by Crippen LogP contribution is -2.44. The summed E-state index contributed by atoms with van der Waals surface area (Å²) < 4.78 is 0.908. The van der Waals surface area contributed by atoms with Crippen molar-refractivity contribution in [3.05, 3.63) is 70.8 Å². The van der Waals surface area contributed by atoms with E-state index in [-0.39, 0.29) is 16.4 Å². The molecule has 0 bridgehead atoms. The lowest BCUT2D eigenvalue weighted by Gasteiger charge is -2.44. The minimum absolute atomic E-state index is 0.121. The highest BCUT2D eigenvalue weighted by atomic mass is 15.3. The highest BCUT2D eigenvalue weighted by Crippen LogP contribution is 2.49. The lowest BCUT2D eigenvalue weighted by atomic mass is 9.61. The van der Waals surface area contributed by atoms with Gasteiger partial charge in [0, 0.05) is 17.8 Å². The predicted molar refractivity (Wildman–Crippen MR) is 175 cm³/mol. The Morgan fingerprint density at radius 2 is 1.44 bits per heavy atom. The number of hydrogen-bond acceptors (Lipinski definition) is 3. The molecule has 0 aliphatic carbocycles. The standard InChI is InChI=1S/C37H55N4/c1-12-40(34-19-15-30(16-20-34)23-32(25-38)26-39)21-22-41(10,11)27-31-13-17-33(18-14-31)35(37(8,9)29(4)5)24-36(6,7)28(2)3/h13-20,23,28-29,35H,12,21-22,24,27H2,1-11H3/q+1. The maximum atomic E-state index is 9.02. The van der Waals surface area contributed by atoms with Gasteiger partial charge in [0.05, 0.1) is 27.2 Å². The molecule has 0 saturated carbocycles. The number of rotatable bonds is 14. The molecule has 4 nitrogen and oxygen atoms in total. The molecule has 1 unspecified atom stereocenters. The predicted octanol–water partition coefficient (Wildman–Crippen LogP) is 9.06. The number of allylic oxidation sites excluding steroid dienone is 1. The summed E-state index contributed by atoms with van der Waals surface area (Å²) in [5, 5.41) is 18.0. The van der Waals surface area contributed by atoms with Crippen molar-refractivity contribution >= 4 is 11.8 Å². The highest BCUT2D eigenvalue weighted by Gasteiger charge is 2.38. The Kier molecular flexibility index (Phi) is 11.8. The number of likely N-dealkylation sites (N-methyl/N-ethyl adjacent to an activating group) is 2. The molecule has 222 valence electrons. The number of quaternary nitrogens is 1. The van der Waals surface area contributed by atoms with E-state index in [4.69, 9.17) is 10.5 Å². The zero-order valence-corrected chi connectivity index (χ0v) is 27.8. The molecule has 2 rings (SSSR count). The summed E-state index contributed by atoms with van der Waals surface area (Å²) in [5.41, 5.74) is 5.51. The molecule has 2 aromatic rings. The van der Waals surface area contributed by atoms with Crippen LogP contribution in [0.1, 0.15) is 91.3 Å². The van der Waals surface area contributed by atoms with Gasteiger partial charge in [0.15, 0.2) is 0 Å². The molecule has 0 aromatic heterocycles. The van der Waals surface area contributed by atoms with Crippen molar-refractivity contribution in [2.75, 3.05) is 38.6 Å². The molecule has 0 amide bonds. The van der Waals surface area contributed by atoms with Crippen LogP contribution in [0.25, 0.3) is 6.08 Å². The van der Waals surface area contributed by atoms with Crippen molar-refractivity contribution in [3.8, 4) is 12.1 Å². The third-order valence-electron chi connectivity index (χ3n) is 9.84. The molecule has 0 N–H and O–H groups in total. The summed E-state index contributed by atoms with van der Waals surface area (Å²) in [6, 6.07) is 21.5. The van der Waals surface area contributed by atoms with Crippen LogP contribution >= 0.6 is 0 Å². The van der Waals surface area contributed by atoms with E-state index in [1.54, 1.807) is 6.08 Å². The highest BCUT2D eigenvalue weighted by molar-refractivity contribution is 5.64. The molecular weight excluding hydrogens is 500 g/mol. The Morgan fingerprint density at radius 3 is 1.90 bits per heavy atom. The number of hydrogen-bond donors (Lipinski definition) is 0. The maximum absolute atomic E-state index is 9.02. The zero-order chi connectivity index (χ0) is 31.0. The summed E-state index contributed by atoms with van der Waals surface area (Å²) in [6.07, 6.45) is 2.82. The zero-order valence-electron chi connectivity index (χ0n) is 27.8. The molecule has 0 saturated heterocycles. The van der Waals surface area contributed by atoms with Gasteiger partial charge in [0.1, 0.15) is 24.3 Å². The minimum atomic E-state index is 0.121. The monoisotopic (exact) mass is 555 g/mol. The Morgan fingerprint density at radius 1 is 0.878 bits per heavy atom. The van der Waals surface area contributed by atoms with Gasteiger partial charge in [-0.25, -0.2) is 0 Å². The molecule has 0 spiro atoms. The number of nitrogens with zero attached hydrogens (tertiary/aromatic N) is 4. The molecule has 0 radical (unpaired) electrons. The van der Waals surface area contributed by atoms with Crippen LogP contribution in [-0.2, 0) is 6.54 Å². The second-order valence-electron chi connectivity index (χ2n) is 14.4. The van der Waals surface area contributed by atoms with E-state index in [9.17, 15) is 0 Å². The molecule has 0 fully saturated rings. The first-order valence-corrected chi connectivity index (χ1v) is 15.3. The van der Waals surface area contributed by atoms with Crippen molar-refractivity contribution in [1.29, 1.82) is 10.5 Å². The van der Waals surface area contributed by atoms with Gasteiger partial charge in [-0.05, 0) is 71.3 Å². The number of nitriles is 2. The molecule has 0 heterocycles. The topological polar surface area (TPSA) is 50.8 Å². The van der Waals surface area contributed by atoms with Crippen LogP contribution in [0.4, 0.5) is 5.69 Å². The van der Waals surface area contributed by atoms with Gasteiger partial charge in [0.25, 0.3) is 0 Å². The van der Waals surface area contributed by atoms with Gasteiger partial charge in [-0.1, -0.05) is 91.8 Å². The Labute approximate surface area is 251 Å². The van der Waals surface area contributed by atoms with Gasteiger partial charge < -0.3 is 9.38 Å². The van der Waals surface area contributed by atoms with Crippen molar-refractivity contribution in [2.45, 2.75) is 81.2 Å². The van der Waals surface area contributed by atoms with E-state index in [0.717, 1.165) is 41.9 Å². The van der Waals surface area contributed by atoms with Crippen molar-refractivity contribution < 1.29 is 4.48 Å². The minimum Gasteiger partial charge on any atom is -0.366 e. The third kappa shape index (κ3) is 9.48. The summed E-state index contributed by atoms with van der Waals surface area (Å²) in [5.74, 6) is 1.76. The smallest absolute Gasteiger partial charge is 0.130 e. The maximum Gasteiger partial charge on any atom is 0.130 e. The van der Waals surface area contributed by atoms with E-state index >= 15 is 0 Å². The fraction of sp³-hybridized carbons (Fsp3) is 0.568. The summed E-state index contributed by atoms with van der Waals surface area (Å²) in [4.78, 5) is 2.39. The molecule has 4 heteroatoms.